The van der Waals surface area contributed by atoms with Gasteiger partial charge in [0.1, 0.15) is 4.99 Å². The molecule has 0 unspecified atom stereocenters. The van der Waals surface area contributed by atoms with Crippen LogP contribution in [0.15, 0.2) is 29.2 Å². The number of rotatable bonds is 6. The lowest BCUT2D eigenvalue weighted by atomic mass is 10.2. The van der Waals surface area contributed by atoms with Crippen LogP contribution >= 0.6 is 12.2 Å². The summed E-state index contributed by atoms with van der Waals surface area (Å²) in [5.41, 5.74) is 10.8. The number of hydrogen-bond donors (Lipinski definition) is 4. The van der Waals surface area contributed by atoms with E-state index in [1.807, 2.05) is 0 Å². The minimum Gasteiger partial charge on any atom is -0.389 e. The van der Waals surface area contributed by atoms with Gasteiger partial charge in [0.15, 0.2) is 0 Å². The Morgan fingerprint density at radius 1 is 1.16 bits per heavy atom. The third-order valence-corrected chi connectivity index (χ3v) is 3.88. The summed E-state index contributed by atoms with van der Waals surface area (Å²) >= 11 is 4.77. The van der Waals surface area contributed by atoms with Gasteiger partial charge in [-0.15, -0.1) is 0 Å². The predicted octanol–water partition coefficient (Wildman–Crippen LogP) is -0.733. The number of carbonyl (C=O) groups is 1. The Morgan fingerprint density at radius 3 is 2.21 bits per heavy atom. The van der Waals surface area contributed by atoms with Gasteiger partial charge in [0.25, 0.3) is 0 Å². The average molecular weight is 302 g/mol. The Morgan fingerprint density at radius 2 is 1.74 bits per heavy atom. The van der Waals surface area contributed by atoms with Crippen molar-refractivity contribution < 1.29 is 13.2 Å². The summed E-state index contributed by atoms with van der Waals surface area (Å²) in [6.45, 7) is 0.155. The molecule has 104 valence electrons. The molecule has 0 spiro atoms. The van der Waals surface area contributed by atoms with E-state index in [1.54, 1.807) is 0 Å². The number of urea groups is 1. The first-order chi connectivity index (χ1) is 8.83. The topological polar surface area (TPSA) is 127 Å². The zero-order chi connectivity index (χ0) is 14.5. The minimum atomic E-state index is -3.63. The monoisotopic (exact) mass is 302 g/mol. The second kappa shape index (κ2) is 6.45. The Bertz CT molecular complexity index is 569. The maximum Gasteiger partial charge on any atom is 0.312 e. The molecule has 7 nitrogen and oxygen atoms in total. The number of hydrogen-bond acceptors (Lipinski definition) is 4. The molecule has 0 saturated heterocycles. The smallest absolute Gasteiger partial charge is 0.312 e. The number of carbonyl (C=O) groups excluding carboxylic acids is 1. The number of sulfonamides is 1. The molecule has 0 bridgehead atoms. The summed E-state index contributed by atoms with van der Waals surface area (Å²) in [4.78, 5) is 10.7. The number of nitrogens with two attached hydrogens (primary N) is 2. The molecule has 0 atom stereocenters. The van der Waals surface area contributed by atoms with Crippen LogP contribution in [0.25, 0.3) is 0 Å². The first kappa shape index (κ1) is 15.3. The van der Waals surface area contributed by atoms with Crippen LogP contribution < -0.4 is 21.5 Å². The molecule has 0 aliphatic rings. The zero-order valence-electron chi connectivity index (χ0n) is 9.92. The highest BCUT2D eigenvalue weighted by atomic mass is 32.2. The molecular formula is C10H14N4O3S2. The quantitative estimate of drug-likeness (QED) is 0.407. The van der Waals surface area contributed by atoms with Crippen molar-refractivity contribution in [3.05, 3.63) is 29.8 Å². The number of amides is 2. The molecule has 2 amide bonds. The predicted molar refractivity (Wildman–Crippen MR) is 75.1 cm³/mol. The van der Waals surface area contributed by atoms with Crippen LogP contribution in [-0.2, 0) is 10.0 Å². The third kappa shape index (κ3) is 4.81. The van der Waals surface area contributed by atoms with Crippen molar-refractivity contribution in [3.8, 4) is 0 Å². The van der Waals surface area contributed by atoms with Crippen molar-refractivity contribution in [1.82, 2.24) is 10.0 Å². The molecule has 0 saturated carbocycles. The molecule has 0 heterocycles. The maximum atomic E-state index is 11.8. The van der Waals surface area contributed by atoms with Crippen LogP contribution in [-0.4, -0.2) is 32.5 Å². The zero-order valence-corrected chi connectivity index (χ0v) is 11.6. The summed E-state index contributed by atoms with van der Waals surface area (Å²) in [6, 6.07) is 5.15. The van der Waals surface area contributed by atoms with Crippen molar-refractivity contribution >= 4 is 33.3 Å². The molecular weight excluding hydrogens is 288 g/mol. The van der Waals surface area contributed by atoms with Crippen LogP contribution in [0, 0.1) is 0 Å². The average Bonchev–Trinajstić information content (AvgIpc) is 2.34. The molecule has 0 radical (unpaired) electrons. The summed E-state index contributed by atoms with van der Waals surface area (Å²) in [6.07, 6.45) is 0. The number of nitrogens with one attached hydrogen (secondary N) is 2. The molecule has 19 heavy (non-hydrogen) atoms. The van der Waals surface area contributed by atoms with Gasteiger partial charge in [0.2, 0.25) is 10.0 Å². The van der Waals surface area contributed by atoms with Crippen molar-refractivity contribution in [2.45, 2.75) is 4.90 Å². The number of primary amides is 1. The highest BCUT2D eigenvalue weighted by Crippen LogP contribution is 2.10. The summed E-state index contributed by atoms with van der Waals surface area (Å²) in [7, 11) is -3.63. The first-order valence-electron chi connectivity index (χ1n) is 5.26. The molecule has 0 fully saturated rings. The molecule has 0 aromatic heterocycles. The van der Waals surface area contributed by atoms with E-state index in [-0.39, 0.29) is 23.0 Å². The van der Waals surface area contributed by atoms with E-state index in [1.165, 1.54) is 24.3 Å². The second-order valence-corrected chi connectivity index (χ2v) is 5.78. The highest BCUT2D eigenvalue weighted by molar-refractivity contribution is 7.89. The van der Waals surface area contributed by atoms with E-state index in [2.05, 4.69) is 10.0 Å². The van der Waals surface area contributed by atoms with Gasteiger partial charge in [-0.1, -0.05) is 24.4 Å². The van der Waals surface area contributed by atoms with Crippen molar-refractivity contribution in [2.75, 3.05) is 13.1 Å². The summed E-state index contributed by atoms with van der Waals surface area (Å²) in [5, 5.41) is 2.27. The summed E-state index contributed by atoms with van der Waals surface area (Å²) < 4.78 is 26.0. The fraction of sp³-hybridized carbons (Fsp3) is 0.200. The maximum absolute atomic E-state index is 11.8. The standard InChI is InChI=1S/C10H14N4O3S2/c11-9(18)7-1-3-8(4-2-7)19(16,17)14-6-5-13-10(12)15/h1-4,14H,5-6H2,(H2,11,18)(H3,12,13,15). The minimum absolute atomic E-state index is 0.0440. The van der Waals surface area contributed by atoms with Crippen LogP contribution in [0.3, 0.4) is 0 Å². The van der Waals surface area contributed by atoms with Crippen molar-refractivity contribution in [1.29, 1.82) is 0 Å². The SMILES string of the molecule is NC(=O)NCCNS(=O)(=O)c1ccc(C(N)=S)cc1. The lowest BCUT2D eigenvalue weighted by Crippen LogP contribution is -2.37. The Hall–Kier alpha value is -1.71. The van der Waals surface area contributed by atoms with E-state index < -0.39 is 16.1 Å². The van der Waals surface area contributed by atoms with E-state index >= 15 is 0 Å². The van der Waals surface area contributed by atoms with Gasteiger partial charge in [-0.2, -0.15) is 0 Å². The van der Waals surface area contributed by atoms with Gasteiger partial charge >= 0.3 is 6.03 Å². The molecule has 1 rings (SSSR count). The van der Waals surface area contributed by atoms with E-state index in [0.717, 1.165) is 0 Å². The molecule has 1 aromatic rings. The lowest BCUT2D eigenvalue weighted by Gasteiger charge is -2.07. The van der Waals surface area contributed by atoms with Gasteiger partial charge in [-0.05, 0) is 12.1 Å². The van der Waals surface area contributed by atoms with Crippen molar-refractivity contribution in [2.24, 2.45) is 11.5 Å². The van der Waals surface area contributed by atoms with Crippen LogP contribution in [0.4, 0.5) is 4.79 Å². The van der Waals surface area contributed by atoms with Gasteiger partial charge in [0, 0.05) is 18.7 Å². The largest absolute Gasteiger partial charge is 0.389 e. The Balaban J connectivity index is 2.66. The molecule has 1 aromatic carbocycles. The second-order valence-electron chi connectivity index (χ2n) is 3.58. The highest BCUT2D eigenvalue weighted by Gasteiger charge is 2.13. The normalized spacial score (nSPS) is 10.9. The van der Waals surface area contributed by atoms with E-state index in [9.17, 15) is 13.2 Å². The van der Waals surface area contributed by atoms with Crippen LogP contribution in [0.1, 0.15) is 5.56 Å². The third-order valence-electron chi connectivity index (χ3n) is 2.17. The van der Waals surface area contributed by atoms with Crippen molar-refractivity contribution in [3.63, 3.8) is 0 Å². The molecule has 0 aliphatic heterocycles. The number of thiocarbonyl (C=S) groups is 1. The van der Waals surface area contributed by atoms with Gasteiger partial charge in [-0.25, -0.2) is 17.9 Å². The van der Waals surface area contributed by atoms with Crippen LogP contribution in [0.2, 0.25) is 0 Å². The van der Waals surface area contributed by atoms with E-state index in [0.29, 0.717) is 5.56 Å². The Kier molecular flexibility index (Phi) is 5.21. The van der Waals surface area contributed by atoms with Gasteiger partial charge in [-0.3, -0.25) is 0 Å². The fourth-order valence-corrected chi connectivity index (χ4v) is 2.42. The van der Waals surface area contributed by atoms with E-state index in [4.69, 9.17) is 23.7 Å². The van der Waals surface area contributed by atoms with Crippen LogP contribution in [0.5, 0.6) is 0 Å². The van der Waals surface area contributed by atoms with Gasteiger partial charge in [0.05, 0.1) is 4.90 Å². The first-order valence-corrected chi connectivity index (χ1v) is 7.15. The number of benzene rings is 1. The molecule has 0 aliphatic carbocycles. The summed E-state index contributed by atoms with van der Waals surface area (Å²) in [5.74, 6) is 0. The van der Waals surface area contributed by atoms with Gasteiger partial charge < -0.3 is 16.8 Å². The Labute approximate surface area is 116 Å². The fourth-order valence-electron chi connectivity index (χ4n) is 1.25. The molecule has 9 heteroatoms. The lowest BCUT2D eigenvalue weighted by molar-refractivity contribution is 0.249. The molecule has 6 N–H and O–H groups in total.